The van der Waals surface area contributed by atoms with Crippen LogP contribution in [-0.2, 0) is 9.53 Å². The molecule has 1 amide bonds. The molecule has 0 aliphatic rings. The van der Waals surface area contributed by atoms with Crippen LogP contribution >= 0.6 is 34.8 Å². The van der Waals surface area contributed by atoms with Crippen molar-refractivity contribution in [3.05, 3.63) is 68.7 Å². The van der Waals surface area contributed by atoms with Gasteiger partial charge in [0.25, 0.3) is 5.91 Å². The molecule has 0 saturated carbocycles. The highest BCUT2D eigenvalue weighted by Crippen LogP contribution is 2.21. The fraction of sp³-hybridized carbons (Fsp3) is 0.176. The molecule has 2 aromatic rings. The number of hydrogen-bond acceptors (Lipinski definition) is 3. The summed E-state index contributed by atoms with van der Waals surface area (Å²) in [6, 6.07) is 11.3. The molecular weight excluding hydrogens is 373 g/mol. The molecular formula is C17H14Cl3NO3. The summed E-state index contributed by atoms with van der Waals surface area (Å²) in [6.45, 7) is 1.39. The second-order valence-electron chi connectivity index (χ2n) is 5.04. The van der Waals surface area contributed by atoms with Gasteiger partial charge in [-0.15, -0.1) is 0 Å². The molecule has 1 N–H and O–H groups in total. The molecule has 24 heavy (non-hydrogen) atoms. The van der Waals surface area contributed by atoms with Crippen molar-refractivity contribution in [1.29, 1.82) is 0 Å². The van der Waals surface area contributed by atoms with Crippen LogP contribution in [0.5, 0.6) is 0 Å². The Morgan fingerprint density at radius 2 is 1.79 bits per heavy atom. The molecule has 1 atom stereocenters. The summed E-state index contributed by atoms with van der Waals surface area (Å²) in [6.07, 6.45) is 0. The van der Waals surface area contributed by atoms with Gasteiger partial charge in [0.1, 0.15) is 0 Å². The first-order valence-electron chi connectivity index (χ1n) is 7.04. The fourth-order valence-electron chi connectivity index (χ4n) is 2.01. The van der Waals surface area contributed by atoms with Crippen molar-refractivity contribution in [2.75, 3.05) is 6.61 Å². The topological polar surface area (TPSA) is 55.4 Å². The van der Waals surface area contributed by atoms with Gasteiger partial charge < -0.3 is 10.1 Å². The summed E-state index contributed by atoms with van der Waals surface area (Å²) >= 11 is 17.6. The summed E-state index contributed by atoms with van der Waals surface area (Å²) in [5.41, 5.74) is 1.000. The lowest BCUT2D eigenvalue weighted by molar-refractivity contribution is -0.124. The lowest BCUT2D eigenvalue weighted by Gasteiger charge is -2.14. The van der Waals surface area contributed by atoms with Crippen molar-refractivity contribution in [3.8, 4) is 0 Å². The van der Waals surface area contributed by atoms with Gasteiger partial charge in [-0.05, 0) is 42.8 Å². The first-order chi connectivity index (χ1) is 11.4. The maximum absolute atomic E-state index is 11.9. The summed E-state index contributed by atoms with van der Waals surface area (Å²) < 4.78 is 4.97. The van der Waals surface area contributed by atoms with Gasteiger partial charge in [-0.1, -0.05) is 46.9 Å². The number of nitrogens with one attached hydrogen (secondary N) is 1. The summed E-state index contributed by atoms with van der Waals surface area (Å²) in [5, 5.41) is 3.88. The van der Waals surface area contributed by atoms with Crippen LogP contribution in [0.15, 0.2) is 42.5 Å². The molecule has 4 nitrogen and oxygen atoms in total. The van der Waals surface area contributed by atoms with E-state index in [-0.39, 0.29) is 16.6 Å². The van der Waals surface area contributed by atoms with E-state index >= 15 is 0 Å². The van der Waals surface area contributed by atoms with Gasteiger partial charge in [-0.2, -0.15) is 0 Å². The summed E-state index contributed by atoms with van der Waals surface area (Å²) in [7, 11) is 0. The molecule has 2 rings (SSSR count). The zero-order valence-corrected chi connectivity index (χ0v) is 15.0. The Morgan fingerprint density at radius 3 is 2.46 bits per heavy atom. The van der Waals surface area contributed by atoms with Crippen LogP contribution in [0.4, 0.5) is 0 Å². The Bertz CT molecular complexity index is 764. The first-order valence-corrected chi connectivity index (χ1v) is 8.17. The molecule has 0 bridgehead atoms. The average Bonchev–Trinajstić information content (AvgIpc) is 2.52. The van der Waals surface area contributed by atoms with E-state index in [1.165, 1.54) is 18.2 Å². The highest BCUT2D eigenvalue weighted by Gasteiger charge is 2.15. The van der Waals surface area contributed by atoms with Crippen LogP contribution in [0.2, 0.25) is 15.1 Å². The number of hydrogen-bond donors (Lipinski definition) is 1. The minimum Gasteiger partial charge on any atom is -0.452 e. The molecule has 0 aliphatic heterocycles. The highest BCUT2D eigenvalue weighted by atomic mass is 35.5. The van der Waals surface area contributed by atoms with Gasteiger partial charge in [0.2, 0.25) is 0 Å². The van der Waals surface area contributed by atoms with E-state index in [0.29, 0.717) is 10.0 Å². The molecule has 0 aliphatic carbocycles. The normalized spacial score (nSPS) is 11.7. The van der Waals surface area contributed by atoms with E-state index in [2.05, 4.69) is 5.32 Å². The number of carbonyl (C=O) groups is 2. The molecule has 0 unspecified atom stereocenters. The van der Waals surface area contributed by atoms with Crippen molar-refractivity contribution in [2.45, 2.75) is 13.0 Å². The van der Waals surface area contributed by atoms with Crippen molar-refractivity contribution in [3.63, 3.8) is 0 Å². The third-order valence-corrected chi connectivity index (χ3v) is 3.99. The molecule has 0 radical (unpaired) electrons. The van der Waals surface area contributed by atoms with E-state index in [1.807, 2.05) is 6.07 Å². The Labute approximate surface area is 154 Å². The van der Waals surface area contributed by atoms with Gasteiger partial charge in [0.15, 0.2) is 6.61 Å². The van der Waals surface area contributed by atoms with Gasteiger partial charge in [-0.3, -0.25) is 4.79 Å². The van der Waals surface area contributed by atoms with Crippen molar-refractivity contribution in [2.24, 2.45) is 0 Å². The molecule has 7 heteroatoms. The molecule has 0 fully saturated rings. The Balaban J connectivity index is 1.89. The van der Waals surface area contributed by atoms with Gasteiger partial charge in [-0.25, -0.2) is 4.79 Å². The van der Waals surface area contributed by atoms with Crippen molar-refractivity contribution >= 4 is 46.7 Å². The van der Waals surface area contributed by atoms with Gasteiger partial charge in [0.05, 0.1) is 16.6 Å². The largest absolute Gasteiger partial charge is 0.452 e. The van der Waals surface area contributed by atoms with Gasteiger partial charge >= 0.3 is 5.97 Å². The van der Waals surface area contributed by atoms with Crippen LogP contribution in [-0.4, -0.2) is 18.5 Å². The SMILES string of the molecule is C[C@H](NC(=O)COC(=O)c1ccc(Cl)cc1Cl)c1cccc(Cl)c1. The van der Waals surface area contributed by atoms with Gasteiger partial charge in [0, 0.05) is 10.0 Å². The second-order valence-corrected chi connectivity index (χ2v) is 6.32. The minimum atomic E-state index is -0.692. The van der Waals surface area contributed by atoms with Crippen LogP contribution in [0.3, 0.4) is 0 Å². The zero-order valence-electron chi connectivity index (χ0n) is 12.7. The van der Waals surface area contributed by atoms with Crippen LogP contribution in [0.25, 0.3) is 0 Å². The molecule has 0 spiro atoms. The van der Waals surface area contributed by atoms with Crippen molar-refractivity contribution < 1.29 is 14.3 Å². The Morgan fingerprint density at radius 1 is 1.08 bits per heavy atom. The molecule has 126 valence electrons. The van der Waals surface area contributed by atoms with Crippen molar-refractivity contribution in [1.82, 2.24) is 5.32 Å². The first kappa shape index (κ1) is 18.6. The highest BCUT2D eigenvalue weighted by molar-refractivity contribution is 6.36. The predicted octanol–water partition coefficient (Wildman–Crippen LogP) is 4.68. The smallest absolute Gasteiger partial charge is 0.340 e. The number of rotatable bonds is 5. The number of ether oxygens (including phenoxy) is 1. The lowest BCUT2D eigenvalue weighted by atomic mass is 10.1. The zero-order chi connectivity index (χ0) is 17.7. The maximum Gasteiger partial charge on any atom is 0.340 e. The number of carbonyl (C=O) groups excluding carboxylic acids is 2. The third-order valence-electron chi connectivity index (χ3n) is 3.21. The monoisotopic (exact) mass is 385 g/mol. The number of esters is 1. The maximum atomic E-state index is 11.9. The quantitative estimate of drug-likeness (QED) is 0.759. The van der Waals surface area contributed by atoms with Crippen LogP contribution in [0, 0.1) is 0 Å². The molecule has 0 saturated heterocycles. The average molecular weight is 387 g/mol. The van der Waals surface area contributed by atoms with E-state index in [9.17, 15) is 9.59 Å². The second kappa shape index (κ2) is 8.38. The number of amides is 1. The van der Waals surface area contributed by atoms with E-state index in [4.69, 9.17) is 39.5 Å². The number of benzene rings is 2. The standard InChI is InChI=1S/C17H14Cl3NO3/c1-10(11-3-2-4-12(18)7-11)21-16(22)9-24-17(23)14-6-5-13(19)8-15(14)20/h2-8,10H,9H2,1H3,(H,21,22)/t10-/m0/s1. The van der Waals surface area contributed by atoms with Crippen LogP contribution in [0.1, 0.15) is 28.9 Å². The Hall–Kier alpha value is -1.75. The van der Waals surface area contributed by atoms with E-state index < -0.39 is 18.5 Å². The summed E-state index contributed by atoms with van der Waals surface area (Å²) in [5.74, 6) is -1.12. The fourth-order valence-corrected chi connectivity index (χ4v) is 2.69. The lowest BCUT2D eigenvalue weighted by Crippen LogP contribution is -2.31. The van der Waals surface area contributed by atoms with E-state index in [1.54, 1.807) is 25.1 Å². The number of halogens is 3. The molecule has 0 heterocycles. The summed E-state index contributed by atoms with van der Waals surface area (Å²) in [4.78, 5) is 23.8. The molecule has 0 aromatic heterocycles. The Kier molecular flexibility index (Phi) is 6.49. The van der Waals surface area contributed by atoms with Crippen LogP contribution < -0.4 is 5.32 Å². The third kappa shape index (κ3) is 5.13. The van der Waals surface area contributed by atoms with E-state index in [0.717, 1.165) is 5.56 Å². The predicted molar refractivity (Wildman–Crippen MR) is 94.8 cm³/mol. The minimum absolute atomic E-state index is 0.150. The molecule has 2 aromatic carbocycles.